The van der Waals surface area contributed by atoms with Gasteiger partial charge in [0.25, 0.3) is 5.91 Å². The van der Waals surface area contributed by atoms with Crippen LogP contribution in [0.3, 0.4) is 0 Å². The van der Waals surface area contributed by atoms with E-state index in [9.17, 15) is 29.1 Å². The first kappa shape index (κ1) is 30.0. The zero-order valence-corrected chi connectivity index (χ0v) is 23.7. The summed E-state index contributed by atoms with van der Waals surface area (Å²) in [6.45, 7) is 5.59. The van der Waals surface area contributed by atoms with Gasteiger partial charge in [-0.05, 0) is 43.4 Å². The van der Waals surface area contributed by atoms with Crippen molar-refractivity contribution in [3.63, 3.8) is 0 Å². The molecule has 42 heavy (non-hydrogen) atoms. The van der Waals surface area contributed by atoms with E-state index in [4.69, 9.17) is 0 Å². The van der Waals surface area contributed by atoms with Gasteiger partial charge in [0.1, 0.15) is 11.9 Å². The van der Waals surface area contributed by atoms with Crippen molar-refractivity contribution in [1.29, 1.82) is 0 Å². The Morgan fingerprint density at radius 3 is 2.26 bits per heavy atom. The van der Waals surface area contributed by atoms with E-state index in [0.29, 0.717) is 18.4 Å². The number of piperidine rings is 1. The molecular weight excluding hydrogens is 540 g/mol. The minimum absolute atomic E-state index is 0.00377. The molecule has 1 atom stereocenters. The van der Waals surface area contributed by atoms with Crippen LogP contribution in [0.1, 0.15) is 52.4 Å². The number of benzene rings is 2. The van der Waals surface area contributed by atoms with E-state index in [1.165, 1.54) is 18.0 Å². The summed E-state index contributed by atoms with van der Waals surface area (Å²) in [4.78, 5) is 70.1. The number of carbonyl (C=O) groups is 4. The SMILES string of the molecule is CC(=O)NC1(c2ccccc2)CCN(C(=O)NC(Cc2cnc(=O)[nH]c2NC(=O)c2c(C)cccc2C)C(=O)O)CC1. The highest BCUT2D eigenvalue weighted by molar-refractivity contribution is 6.06. The molecule has 2 aromatic carbocycles. The molecule has 12 heteroatoms. The number of urea groups is 1. The number of H-pyrrole nitrogens is 1. The van der Waals surface area contributed by atoms with E-state index < -0.39 is 35.2 Å². The highest BCUT2D eigenvalue weighted by atomic mass is 16.4. The van der Waals surface area contributed by atoms with Crippen molar-refractivity contribution in [2.75, 3.05) is 18.4 Å². The minimum Gasteiger partial charge on any atom is -0.480 e. The van der Waals surface area contributed by atoms with Crippen LogP contribution in [0.25, 0.3) is 0 Å². The molecular formula is C30H34N6O6. The Kier molecular flexibility index (Phi) is 9.04. The Bertz CT molecular complexity index is 1530. The molecule has 12 nitrogen and oxygen atoms in total. The third kappa shape index (κ3) is 6.82. The van der Waals surface area contributed by atoms with Gasteiger partial charge < -0.3 is 26.0 Å². The lowest BCUT2D eigenvalue weighted by Gasteiger charge is -2.42. The largest absolute Gasteiger partial charge is 0.480 e. The zero-order chi connectivity index (χ0) is 30.4. The van der Waals surface area contributed by atoms with E-state index in [1.807, 2.05) is 36.4 Å². The van der Waals surface area contributed by atoms with Crippen LogP contribution in [0.5, 0.6) is 0 Å². The number of carbonyl (C=O) groups excluding carboxylic acids is 3. The lowest BCUT2D eigenvalue weighted by Crippen LogP contribution is -2.56. The number of nitrogens with one attached hydrogen (secondary N) is 4. The molecule has 0 spiro atoms. The molecule has 1 saturated heterocycles. The Morgan fingerprint density at radius 1 is 1.02 bits per heavy atom. The van der Waals surface area contributed by atoms with Gasteiger partial charge in [-0.3, -0.25) is 14.6 Å². The van der Waals surface area contributed by atoms with E-state index in [0.717, 1.165) is 16.7 Å². The molecule has 0 aliphatic carbocycles. The van der Waals surface area contributed by atoms with E-state index in [2.05, 4.69) is 25.9 Å². The van der Waals surface area contributed by atoms with Gasteiger partial charge in [-0.15, -0.1) is 0 Å². The number of hydrogen-bond donors (Lipinski definition) is 5. The van der Waals surface area contributed by atoms with Crippen LogP contribution < -0.4 is 21.6 Å². The predicted molar refractivity (Wildman–Crippen MR) is 155 cm³/mol. The minimum atomic E-state index is -1.38. The van der Waals surface area contributed by atoms with Crippen molar-refractivity contribution >= 4 is 29.6 Å². The number of rotatable bonds is 8. The smallest absolute Gasteiger partial charge is 0.346 e. The van der Waals surface area contributed by atoms with Crippen molar-refractivity contribution < 1.29 is 24.3 Å². The quantitative estimate of drug-likeness (QED) is 0.275. The fraction of sp³-hybridized carbons (Fsp3) is 0.333. The van der Waals surface area contributed by atoms with Crippen LogP contribution in [-0.4, -0.2) is 62.9 Å². The van der Waals surface area contributed by atoms with E-state index >= 15 is 0 Å². The molecule has 1 unspecified atom stereocenters. The molecule has 1 aliphatic rings. The summed E-state index contributed by atoms with van der Waals surface area (Å²) in [5.41, 5.74) is 1.70. The lowest BCUT2D eigenvalue weighted by molar-refractivity contribution is -0.139. The molecule has 3 aromatic rings. The number of anilines is 1. The summed E-state index contributed by atoms with van der Waals surface area (Å²) in [5.74, 6) is -1.95. The Morgan fingerprint density at radius 2 is 1.67 bits per heavy atom. The molecule has 0 bridgehead atoms. The van der Waals surface area contributed by atoms with Crippen molar-refractivity contribution in [3.05, 3.63) is 93.0 Å². The molecule has 1 fully saturated rings. The van der Waals surface area contributed by atoms with Crippen molar-refractivity contribution in [2.45, 2.75) is 51.6 Å². The van der Waals surface area contributed by atoms with Gasteiger partial charge in [0.15, 0.2) is 0 Å². The summed E-state index contributed by atoms with van der Waals surface area (Å²) in [6.07, 6.45) is 1.82. The van der Waals surface area contributed by atoms with E-state index in [1.54, 1.807) is 26.0 Å². The van der Waals surface area contributed by atoms with Gasteiger partial charge in [-0.25, -0.2) is 19.4 Å². The van der Waals surface area contributed by atoms with Crippen molar-refractivity contribution in [3.8, 4) is 0 Å². The van der Waals surface area contributed by atoms with Gasteiger partial charge >= 0.3 is 17.7 Å². The first-order chi connectivity index (χ1) is 20.0. The molecule has 0 saturated carbocycles. The third-order valence-corrected chi connectivity index (χ3v) is 7.50. The first-order valence-corrected chi connectivity index (χ1v) is 13.6. The second kappa shape index (κ2) is 12.7. The maximum absolute atomic E-state index is 13.2. The molecule has 1 aliphatic heterocycles. The van der Waals surface area contributed by atoms with Gasteiger partial charge in [-0.1, -0.05) is 48.5 Å². The summed E-state index contributed by atoms with van der Waals surface area (Å²) < 4.78 is 0. The van der Waals surface area contributed by atoms with Crippen LogP contribution in [0.2, 0.25) is 0 Å². The Balaban J connectivity index is 1.48. The van der Waals surface area contributed by atoms with Gasteiger partial charge in [-0.2, -0.15) is 0 Å². The fourth-order valence-corrected chi connectivity index (χ4v) is 5.37. The van der Waals surface area contributed by atoms with Crippen LogP contribution in [-0.2, 0) is 21.5 Å². The predicted octanol–water partition coefficient (Wildman–Crippen LogP) is 2.47. The highest BCUT2D eigenvalue weighted by Crippen LogP contribution is 2.33. The van der Waals surface area contributed by atoms with Crippen LogP contribution in [0, 0.1) is 13.8 Å². The number of hydrogen-bond acceptors (Lipinski definition) is 6. The van der Waals surface area contributed by atoms with Crippen molar-refractivity contribution in [2.24, 2.45) is 0 Å². The number of nitrogens with zero attached hydrogens (tertiary/aromatic N) is 2. The number of likely N-dealkylation sites (tertiary alicyclic amines) is 1. The molecule has 4 rings (SSSR count). The second-order valence-corrected chi connectivity index (χ2v) is 10.5. The number of aromatic amines is 1. The molecule has 220 valence electrons. The van der Waals surface area contributed by atoms with E-state index in [-0.39, 0.29) is 36.8 Å². The molecule has 1 aromatic heterocycles. The van der Waals surface area contributed by atoms with Crippen LogP contribution in [0.15, 0.2) is 59.5 Å². The molecule has 2 heterocycles. The second-order valence-electron chi connectivity index (χ2n) is 10.5. The highest BCUT2D eigenvalue weighted by Gasteiger charge is 2.38. The first-order valence-electron chi connectivity index (χ1n) is 13.6. The van der Waals surface area contributed by atoms with Gasteiger partial charge in [0.2, 0.25) is 5.91 Å². The number of amides is 4. The number of carboxylic acid groups (broad SMARTS) is 1. The number of aryl methyl sites for hydroxylation is 2. The monoisotopic (exact) mass is 574 g/mol. The summed E-state index contributed by atoms with van der Waals surface area (Å²) >= 11 is 0. The number of aromatic nitrogens is 2. The summed E-state index contributed by atoms with van der Waals surface area (Å²) in [7, 11) is 0. The number of carboxylic acids is 1. The maximum Gasteiger partial charge on any atom is 0.346 e. The summed E-state index contributed by atoms with van der Waals surface area (Å²) in [5, 5.41) is 18.2. The number of aliphatic carboxylic acids is 1. The Hall–Kier alpha value is -5.00. The molecule has 5 N–H and O–H groups in total. The fourth-order valence-electron chi connectivity index (χ4n) is 5.37. The van der Waals surface area contributed by atoms with Gasteiger partial charge in [0.05, 0.1) is 5.54 Å². The maximum atomic E-state index is 13.2. The standard InChI is InChI=1S/C30H34N6O6/c1-18-8-7-9-19(2)24(18)26(38)33-25-21(17-31-28(41)34-25)16-23(27(39)40)32-29(42)36-14-12-30(13-15-36,35-20(3)37)22-10-5-4-6-11-22/h4-11,17,23H,12-16H2,1-3H3,(H,32,42)(H,35,37)(H,39,40)(H2,31,33,34,38,41). The third-order valence-electron chi connectivity index (χ3n) is 7.50. The van der Waals surface area contributed by atoms with Gasteiger partial charge in [0, 0.05) is 43.8 Å². The lowest BCUT2D eigenvalue weighted by atomic mass is 9.81. The van der Waals surface area contributed by atoms with Crippen LogP contribution in [0.4, 0.5) is 10.6 Å². The van der Waals surface area contributed by atoms with Crippen LogP contribution >= 0.6 is 0 Å². The zero-order valence-electron chi connectivity index (χ0n) is 23.7. The van der Waals surface area contributed by atoms with Crippen molar-refractivity contribution in [1.82, 2.24) is 25.5 Å². The molecule has 4 amide bonds. The molecule has 0 radical (unpaired) electrons. The average Bonchev–Trinajstić information content (AvgIpc) is 2.94. The average molecular weight is 575 g/mol. The topological polar surface area (TPSA) is 174 Å². The summed E-state index contributed by atoms with van der Waals surface area (Å²) in [6, 6.07) is 13.0. The Labute approximate surface area is 242 Å². The normalized spacial score (nSPS) is 14.9.